The van der Waals surface area contributed by atoms with Gasteiger partial charge in [-0.3, -0.25) is 0 Å². The van der Waals surface area contributed by atoms with Crippen LogP contribution in [-0.2, 0) is 0 Å². The molecule has 4 aromatic carbocycles. The van der Waals surface area contributed by atoms with Gasteiger partial charge in [-0.05, 0) is 12.1 Å². The Bertz CT molecular complexity index is 1050. The molecule has 0 saturated carbocycles. The lowest BCUT2D eigenvalue weighted by molar-refractivity contribution is 0.477. The van der Waals surface area contributed by atoms with Gasteiger partial charge >= 0.3 is 0 Å². The number of nitrogens with two attached hydrogens (primary N) is 2. The molecule has 0 aliphatic rings. The third-order valence-corrected chi connectivity index (χ3v) is 5.08. The largest absolute Gasteiger partial charge is 0.506 e. The van der Waals surface area contributed by atoms with Gasteiger partial charge in [0.15, 0.2) is 11.4 Å². The summed E-state index contributed by atoms with van der Waals surface area (Å²) in [7, 11) is 0. The molecular weight excluding hydrogens is 362 g/mol. The van der Waals surface area contributed by atoms with Gasteiger partial charge in [-0.2, -0.15) is 4.48 Å². The van der Waals surface area contributed by atoms with Crippen molar-refractivity contribution in [3.05, 3.63) is 97.1 Å². The minimum absolute atomic E-state index is 0.0261. The lowest BCUT2D eigenvalue weighted by Crippen LogP contribution is -2.33. The van der Waals surface area contributed by atoms with E-state index in [-0.39, 0.29) is 27.4 Å². The number of rotatable bonds is 4. The SMILES string of the molecule is Nc1cc([N+](c2ccccc2)(c2ccccc2)c2ccc(O)c(N)c2)ccc1O. The maximum Gasteiger partial charge on any atom is 0.150 e. The number of hydrogen-bond acceptors (Lipinski definition) is 4. The zero-order valence-corrected chi connectivity index (χ0v) is 15.7. The second-order valence-corrected chi connectivity index (χ2v) is 6.83. The maximum absolute atomic E-state index is 10.0. The van der Waals surface area contributed by atoms with E-state index in [1.165, 1.54) is 0 Å². The number of nitrogen functional groups attached to an aromatic ring is 2. The molecule has 0 aliphatic carbocycles. The molecule has 4 aromatic rings. The van der Waals surface area contributed by atoms with Crippen molar-refractivity contribution in [3.63, 3.8) is 0 Å². The molecule has 0 radical (unpaired) electrons. The number of hydrogen-bond donors (Lipinski definition) is 4. The van der Waals surface area contributed by atoms with Crippen LogP contribution in [0.3, 0.4) is 0 Å². The summed E-state index contributed by atoms with van der Waals surface area (Å²) >= 11 is 0. The van der Waals surface area contributed by atoms with E-state index < -0.39 is 0 Å². The van der Waals surface area contributed by atoms with Crippen molar-refractivity contribution in [2.75, 3.05) is 11.5 Å². The standard InChI is InChI=1S/C24H21N3O2/c25-21-15-19(11-13-23(21)28)27(17-7-3-1-4-8-17,18-9-5-2-6-10-18)20-12-14-24(29)22(26)16-20/h1-16H,25-26H2,(H-,28,29)/p+1. The highest BCUT2D eigenvalue weighted by Crippen LogP contribution is 2.53. The Kier molecular flexibility index (Phi) is 4.58. The first-order valence-electron chi connectivity index (χ1n) is 9.22. The van der Waals surface area contributed by atoms with Crippen molar-refractivity contribution in [2.45, 2.75) is 0 Å². The van der Waals surface area contributed by atoms with E-state index in [0.29, 0.717) is 0 Å². The van der Waals surface area contributed by atoms with Crippen molar-refractivity contribution >= 4 is 34.1 Å². The molecule has 4 rings (SSSR count). The van der Waals surface area contributed by atoms with Gasteiger partial charge in [-0.25, -0.2) is 0 Å². The third-order valence-electron chi connectivity index (χ3n) is 5.08. The van der Waals surface area contributed by atoms with Crippen molar-refractivity contribution in [3.8, 4) is 11.5 Å². The quantitative estimate of drug-likeness (QED) is 0.210. The predicted octanol–water partition coefficient (Wildman–Crippen LogP) is 5.56. The smallest absolute Gasteiger partial charge is 0.150 e. The molecule has 0 aromatic heterocycles. The third kappa shape index (κ3) is 3.03. The fourth-order valence-electron chi connectivity index (χ4n) is 3.70. The van der Waals surface area contributed by atoms with Gasteiger partial charge < -0.3 is 21.7 Å². The lowest BCUT2D eigenvalue weighted by Gasteiger charge is -2.37. The van der Waals surface area contributed by atoms with Crippen molar-refractivity contribution in [1.29, 1.82) is 0 Å². The van der Waals surface area contributed by atoms with E-state index >= 15 is 0 Å². The number of benzene rings is 4. The highest BCUT2D eigenvalue weighted by atomic mass is 16.3. The first kappa shape index (κ1) is 18.4. The van der Waals surface area contributed by atoms with E-state index in [1.54, 1.807) is 24.3 Å². The van der Waals surface area contributed by atoms with E-state index in [4.69, 9.17) is 11.5 Å². The van der Waals surface area contributed by atoms with E-state index in [2.05, 4.69) is 0 Å². The average Bonchev–Trinajstić information content (AvgIpc) is 2.75. The topological polar surface area (TPSA) is 92.5 Å². The van der Waals surface area contributed by atoms with Gasteiger partial charge in [0.2, 0.25) is 0 Å². The molecule has 29 heavy (non-hydrogen) atoms. The van der Waals surface area contributed by atoms with Gasteiger partial charge in [0.05, 0.1) is 11.4 Å². The van der Waals surface area contributed by atoms with E-state index in [0.717, 1.165) is 22.7 Å². The molecule has 0 fully saturated rings. The summed E-state index contributed by atoms with van der Waals surface area (Å²) in [6, 6.07) is 30.3. The average molecular weight is 384 g/mol. The van der Waals surface area contributed by atoms with E-state index in [9.17, 15) is 10.2 Å². The summed E-state index contributed by atoms with van der Waals surface area (Å²) in [6.45, 7) is 0. The molecule has 0 bridgehead atoms. The number of quaternary nitrogens is 1. The Labute approximate surface area is 169 Å². The van der Waals surface area contributed by atoms with Crippen LogP contribution in [0, 0.1) is 0 Å². The number of nitrogens with zero attached hydrogens (tertiary/aromatic N) is 1. The summed E-state index contributed by atoms with van der Waals surface area (Å²) in [5.41, 5.74) is 16.3. The van der Waals surface area contributed by atoms with Crippen LogP contribution in [0.15, 0.2) is 97.1 Å². The molecule has 0 unspecified atom stereocenters. The molecule has 0 spiro atoms. The summed E-state index contributed by atoms with van der Waals surface area (Å²) in [5.74, 6) is 0.0522. The fraction of sp³-hybridized carbons (Fsp3) is 0. The van der Waals surface area contributed by atoms with Crippen LogP contribution >= 0.6 is 0 Å². The molecule has 0 atom stereocenters. The molecule has 0 amide bonds. The molecule has 0 heterocycles. The summed E-state index contributed by atoms with van der Waals surface area (Å²) in [4.78, 5) is 0. The minimum Gasteiger partial charge on any atom is -0.506 e. The summed E-state index contributed by atoms with van der Waals surface area (Å²) in [6.07, 6.45) is 0. The van der Waals surface area contributed by atoms with Crippen LogP contribution < -0.4 is 16.0 Å². The number of anilines is 2. The van der Waals surface area contributed by atoms with Gasteiger partial charge in [-0.1, -0.05) is 36.4 Å². The molecule has 5 nitrogen and oxygen atoms in total. The zero-order valence-electron chi connectivity index (χ0n) is 15.7. The Morgan fingerprint density at radius 1 is 0.483 bits per heavy atom. The molecule has 0 aliphatic heterocycles. The second-order valence-electron chi connectivity index (χ2n) is 6.83. The monoisotopic (exact) mass is 384 g/mol. The lowest BCUT2D eigenvalue weighted by atomic mass is 10.0. The van der Waals surface area contributed by atoms with Gasteiger partial charge in [-0.15, -0.1) is 0 Å². The number of phenolic OH excluding ortho intramolecular Hbond substituents is 2. The first-order valence-corrected chi connectivity index (χ1v) is 9.22. The molecule has 5 heteroatoms. The molecule has 0 saturated heterocycles. The zero-order chi connectivity index (χ0) is 20.4. The first-order chi connectivity index (χ1) is 14.0. The fourth-order valence-corrected chi connectivity index (χ4v) is 3.70. The number of aromatic hydroxyl groups is 2. The van der Waals surface area contributed by atoms with Gasteiger partial charge in [0.1, 0.15) is 22.9 Å². The number of phenols is 2. The van der Waals surface area contributed by atoms with E-state index in [1.807, 2.05) is 72.8 Å². The van der Waals surface area contributed by atoms with Gasteiger partial charge in [0, 0.05) is 48.5 Å². The van der Waals surface area contributed by atoms with Crippen molar-refractivity contribution in [2.24, 2.45) is 0 Å². The normalized spacial score (nSPS) is 11.3. The molecular formula is C24H22N3O2+. The minimum atomic E-state index is 0.0261. The second kappa shape index (κ2) is 7.22. The van der Waals surface area contributed by atoms with Crippen LogP contribution in [0.2, 0.25) is 0 Å². The Hall–Kier alpha value is -3.96. The Morgan fingerprint density at radius 3 is 1.21 bits per heavy atom. The Balaban J connectivity index is 2.16. The van der Waals surface area contributed by atoms with Crippen LogP contribution in [0.5, 0.6) is 11.5 Å². The molecule has 144 valence electrons. The highest BCUT2D eigenvalue weighted by Gasteiger charge is 2.39. The van der Waals surface area contributed by atoms with Crippen LogP contribution in [0.1, 0.15) is 0 Å². The summed E-state index contributed by atoms with van der Waals surface area (Å²) in [5, 5.41) is 20.0. The van der Waals surface area contributed by atoms with Crippen LogP contribution in [0.4, 0.5) is 34.1 Å². The number of para-hydroxylation sites is 2. The van der Waals surface area contributed by atoms with Crippen molar-refractivity contribution < 1.29 is 10.2 Å². The van der Waals surface area contributed by atoms with Crippen LogP contribution in [-0.4, -0.2) is 10.2 Å². The van der Waals surface area contributed by atoms with Gasteiger partial charge in [0.25, 0.3) is 0 Å². The van der Waals surface area contributed by atoms with Crippen molar-refractivity contribution in [1.82, 2.24) is 4.48 Å². The maximum atomic E-state index is 10.0. The predicted molar refractivity (Wildman–Crippen MR) is 119 cm³/mol. The highest BCUT2D eigenvalue weighted by molar-refractivity contribution is 5.84. The van der Waals surface area contributed by atoms with Crippen LogP contribution in [0.25, 0.3) is 0 Å². The molecule has 6 N–H and O–H groups in total. The Morgan fingerprint density at radius 2 is 0.862 bits per heavy atom. The summed E-state index contributed by atoms with van der Waals surface area (Å²) < 4.78 is 0.177.